The second kappa shape index (κ2) is 14.1. The Morgan fingerprint density at radius 2 is 1.12 bits per heavy atom. The van der Waals surface area contributed by atoms with Gasteiger partial charge in [-0.15, -0.1) is 0 Å². The van der Waals surface area contributed by atoms with Crippen LogP contribution in [-0.4, -0.2) is 68.2 Å². The van der Waals surface area contributed by atoms with Gasteiger partial charge in [0.05, 0.1) is 0 Å². The molecule has 1 aromatic rings. The van der Waals surface area contributed by atoms with Gasteiger partial charge in [0.15, 0.2) is 0 Å². The van der Waals surface area contributed by atoms with Crippen molar-refractivity contribution in [3.63, 3.8) is 0 Å². The monoisotopic (exact) mass is 685 g/mol. The van der Waals surface area contributed by atoms with E-state index in [0.717, 1.165) is 55.2 Å². The van der Waals surface area contributed by atoms with Crippen LogP contribution in [0.1, 0.15) is 171 Å². The minimum absolute atomic E-state index is 0.0782. The van der Waals surface area contributed by atoms with Crippen LogP contribution in [0, 0.1) is 17.8 Å². The summed E-state index contributed by atoms with van der Waals surface area (Å²) in [7, 11) is 4.55. The lowest BCUT2D eigenvalue weighted by atomic mass is 9.60. The van der Waals surface area contributed by atoms with Crippen LogP contribution in [0.3, 0.4) is 0 Å². The number of carboxylic acid groups (broad SMARTS) is 1. The number of esters is 1. The van der Waals surface area contributed by atoms with Gasteiger partial charge in [-0.3, -0.25) is 19.4 Å². The van der Waals surface area contributed by atoms with E-state index in [9.17, 15) is 19.8 Å². The molecule has 2 fully saturated rings. The highest BCUT2D eigenvalue weighted by molar-refractivity contribution is 5.90. The summed E-state index contributed by atoms with van der Waals surface area (Å²) in [6, 6.07) is 3.95. The van der Waals surface area contributed by atoms with Crippen molar-refractivity contribution in [3.05, 3.63) is 28.8 Å². The Labute approximate surface area is 299 Å². The van der Waals surface area contributed by atoms with Crippen LogP contribution >= 0.6 is 0 Å². The Morgan fingerprint density at radius 3 is 1.45 bits per heavy atom. The molecular formula is C42H72N2O5. The molecule has 0 spiro atoms. The molecule has 0 aromatic heterocycles. The fourth-order valence-electron chi connectivity index (χ4n) is 9.50. The average molecular weight is 685 g/mol. The van der Waals surface area contributed by atoms with Crippen molar-refractivity contribution in [3.8, 4) is 5.75 Å². The zero-order valence-electron chi connectivity index (χ0n) is 34.1. The third-order valence-corrected chi connectivity index (χ3v) is 12.6. The first-order valence-corrected chi connectivity index (χ1v) is 18.8. The van der Waals surface area contributed by atoms with Crippen molar-refractivity contribution in [2.75, 3.05) is 14.1 Å². The molecule has 280 valence electrons. The van der Waals surface area contributed by atoms with Gasteiger partial charge in [-0.25, -0.2) is 0 Å². The number of carboxylic acids is 1. The normalized spacial score (nSPS) is 22.6. The predicted molar refractivity (Wildman–Crippen MR) is 201 cm³/mol. The first-order chi connectivity index (χ1) is 22.0. The van der Waals surface area contributed by atoms with E-state index in [2.05, 4.69) is 121 Å². The molecule has 2 saturated heterocycles. The van der Waals surface area contributed by atoms with Crippen LogP contribution in [0.4, 0.5) is 0 Å². The van der Waals surface area contributed by atoms with E-state index in [1.165, 1.54) is 0 Å². The number of ether oxygens (including phenoxy) is 1. The lowest BCUT2D eigenvalue weighted by Gasteiger charge is -2.59. The highest BCUT2D eigenvalue weighted by Gasteiger charge is 2.50. The zero-order chi connectivity index (χ0) is 37.7. The van der Waals surface area contributed by atoms with E-state index >= 15 is 0 Å². The van der Waals surface area contributed by atoms with E-state index in [1.54, 1.807) is 0 Å². The summed E-state index contributed by atoms with van der Waals surface area (Å²) < 4.78 is 6.04. The van der Waals surface area contributed by atoms with Gasteiger partial charge >= 0.3 is 11.9 Å². The number of hydrogen-bond donors (Lipinski definition) is 2. The smallest absolute Gasteiger partial charge is 0.317 e. The molecule has 0 aliphatic carbocycles. The van der Waals surface area contributed by atoms with Crippen LogP contribution in [0.15, 0.2) is 12.1 Å². The first kappa shape index (κ1) is 41.3. The predicted octanol–water partition coefficient (Wildman–Crippen LogP) is 9.63. The minimum Gasteiger partial charge on any atom is -0.507 e. The number of piperidine rings is 2. The minimum atomic E-state index is -1.19. The summed E-state index contributed by atoms with van der Waals surface area (Å²) >= 11 is 0. The molecular weight excluding hydrogens is 612 g/mol. The highest BCUT2D eigenvalue weighted by atomic mass is 16.5. The number of likely N-dealkylation sites (tertiary alicyclic amines) is 2. The number of aliphatic carboxylic acids is 1. The molecule has 1 atom stereocenters. The summed E-state index contributed by atoms with van der Waals surface area (Å²) in [5.41, 5.74) is 2.06. The van der Waals surface area contributed by atoms with E-state index in [-0.39, 0.29) is 38.7 Å². The Hall–Kier alpha value is -2.12. The van der Waals surface area contributed by atoms with Crippen molar-refractivity contribution in [2.45, 2.75) is 187 Å². The Kier molecular flexibility index (Phi) is 11.9. The van der Waals surface area contributed by atoms with Crippen LogP contribution in [-0.2, 0) is 25.2 Å². The van der Waals surface area contributed by atoms with Crippen molar-refractivity contribution in [1.82, 2.24) is 9.80 Å². The maximum absolute atomic E-state index is 12.9. The van der Waals surface area contributed by atoms with E-state index in [4.69, 9.17) is 4.74 Å². The maximum atomic E-state index is 12.9. The van der Waals surface area contributed by atoms with Crippen LogP contribution < -0.4 is 0 Å². The van der Waals surface area contributed by atoms with Crippen molar-refractivity contribution >= 4 is 11.9 Å². The third kappa shape index (κ3) is 9.61. The van der Waals surface area contributed by atoms with Gasteiger partial charge in [0.25, 0.3) is 0 Å². The molecule has 2 aliphatic rings. The fraction of sp³-hybridized carbons (Fsp3) is 0.810. The van der Waals surface area contributed by atoms with E-state index < -0.39 is 24.5 Å². The Balaban J connectivity index is 2.05. The summed E-state index contributed by atoms with van der Waals surface area (Å²) in [5, 5.41) is 20.8. The topological polar surface area (TPSA) is 90.3 Å². The van der Waals surface area contributed by atoms with Gasteiger partial charge < -0.3 is 14.9 Å². The molecule has 1 aromatic carbocycles. The summed E-state index contributed by atoms with van der Waals surface area (Å²) in [4.78, 5) is 29.6. The molecule has 2 heterocycles. The molecule has 2 aliphatic heterocycles. The molecule has 49 heavy (non-hydrogen) atoms. The zero-order valence-corrected chi connectivity index (χ0v) is 34.1. The Morgan fingerprint density at radius 1 is 0.755 bits per heavy atom. The van der Waals surface area contributed by atoms with Crippen molar-refractivity contribution in [1.29, 1.82) is 0 Å². The number of phenolic OH excluding ortho intramolecular Hbond substituents is 1. The van der Waals surface area contributed by atoms with Gasteiger partial charge in [0.2, 0.25) is 0 Å². The lowest BCUT2D eigenvalue weighted by Crippen LogP contribution is -2.62. The van der Waals surface area contributed by atoms with Gasteiger partial charge in [0, 0.05) is 22.2 Å². The van der Waals surface area contributed by atoms with E-state index in [0.29, 0.717) is 24.2 Å². The second-order valence-corrected chi connectivity index (χ2v) is 20.3. The molecule has 0 radical (unpaired) electrons. The number of rotatable bonds is 10. The fourth-order valence-corrected chi connectivity index (χ4v) is 9.50. The maximum Gasteiger partial charge on any atom is 0.317 e. The molecule has 0 saturated carbocycles. The quantitative estimate of drug-likeness (QED) is 0.187. The number of carbonyl (C=O) groups excluding carboxylic acids is 1. The van der Waals surface area contributed by atoms with Crippen LogP contribution in [0.5, 0.6) is 5.75 Å². The van der Waals surface area contributed by atoms with Gasteiger partial charge in [0.1, 0.15) is 18.3 Å². The van der Waals surface area contributed by atoms with Gasteiger partial charge in [-0.1, -0.05) is 41.5 Å². The number of aromatic hydroxyl groups is 1. The molecule has 3 rings (SSSR count). The van der Waals surface area contributed by atoms with Crippen LogP contribution in [0.2, 0.25) is 0 Å². The number of nitrogens with zero attached hydrogens (tertiary/aromatic N) is 2. The highest BCUT2D eigenvalue weighted by Crippen LogP contribution is 2.52. The molecule has 2 N–H and O–H groups in total. The van der Waals surface area contributed by atoms with Crippen molar-refractivity contribution in [2.24, 2.45) is 17.8 Å². The largest absolute Gasteiger partial charge is 0.507 e. The van der Waals surface area contributed by atoms with Gasteiger partial charge in [-0.2, -0.15) is 0 Å². The summed E-state index contributed by atoms with van der Waals surface area (Å²) in [5.74, 6) is -0.0234. The van der Waals surface area contributed by atoms with Crippen LogP contribution in [0.25, 0.3) is 0 Å². The average Bonchev–Trinajstić information content (AvgIpc) is 2.89. The van der Waals surface area contributed by atoms with Gasteiger partial charge in [-0.05, 0) is 172 Å². The summed E-state index contributed by atoms with van der Waals surface area (Å²) in [6.45, 7) is 31.6. The molecule has 7 heteroatoms. The molecule has 7 nitrogen and oxygen atoms in total. The Bertz CT molecular complexity index is 1230. The third-order valence-electron chi connectivity index (χ3n) is 12.6. The molecule has 0 bridgehead atoms. The lowest BCUT2D eigenvalue weighted by molar-refractivity contribution is -0.155. The molecule has 1 unspecified atom stereocenters. The standard InChI is InChI=1S/C42H72N2O5/c1-37(2,3)31-20-27(21-32(36(31)48)38(4,5)6)33(49-35(47)22-34(45)46)19-17-18-30(28-23-39(7,8)43(15)40(9,10)24-28)29-25-41(11,12)44(16)42(13,14)26-29/h20-21,28-30,33,48H,17-19,22-26H2,1-16H3,(H,45,46). The number of benzene rings is 1. The number of phenols is 1. The molecule has 0 amide bonds. The summed E-state index contributed by atoms with van der Waals surface area (Å²) in [6.07, 6.45) is 5.76. The number of carbonyl (C=O) groups is 2. The van der Waals surface area contributed by atoms with Crippen molar-refractivity contribution < 1.29 is 24.5 Å². The SMILES string of the molecule is CN1C(C)(C)CC(C(CCCC(OC(=O)CC(=O)O)c2cc(C(C)(C)C)c(O)c(C(C)(C)C)c2)C2CC(C)(C)N(C)C(C)(C)C2)CC1(C)C. The van der Waals surface area contributed by atoms with E-state index in [1.807, 2.05) is 12.1 Å². The number of hydrogen-bond acceptors (Lipinski definition) is 6. The first-order valence-electron chi connectivity index (χ1n) is 18.8. The second-order valence-electron chi connectivity index (χ2n) is 20.3.